The van der Waals surface area contributed by atoms with Gasteiger partial charge in [-0.15, -0.1) is 0 Å². The van der Waals surface area contributed by atoms with E-state index in [4.69, 9.17) is 0 Å². The van der Waals surface area contributed by atoms with Gasteiger partial charge in [0.25, 0.3) is 5.56 Å². The fraction of sp³-hybridized carbons (Fsp3) is 0.125. The first-order chi connectivity index (χ1) is 16.0. The van der Waals surface area contributed by atoms with Crippen molar-refractivity contribution < 1.29 is 4.79 Å². The lowest BCUT2D eigenvalue weighted by Gasteiger charge is -2.12. The Balaban J connectivity index is 1.67. The molecule has 2 aromatic carbocycles. The van der Waals surface area contributed by atoms with Crippen molar-refractivity contribution in [3.8, 4) is 5.69 Å². The molecule has 0 saturated carbocycles. The number of para-hydroxylation sites is 1. The van der Waals surface area contributed by atoms with Crippen LogP contribution in [0.25, 0.3) is 16.9 Å². The molecule has 1 amide bonds. The number of hydrogen-bond acceptors (Lipinski definition) is 7. The van der Waals surface area contributed by atoms with Crippen LogP contribution < -0.4 is 16.2 Å². The highest BCUT2D eigenvalue weighted by Crippen LogP contribution is 2.19. The Morgan fingerprint density at radius 2 is 1.82 bits per heavy atom. The summed E-state index contributed by atoms with van der Waals surface area (Å²) in [7, 11) is 3.85. The first kappa shape index (κ1) is 21.8. The average molecular weight is 441 g/mol. The molecule has 0 bridgehead atoms. The highest BCUT2D eigenvalue weighted by atomic mass is 16.1. The van der Waals surface area contributed by atoms with Gasteiger partial charge in [0.1, 0.15) is 5.52 Å². The molecule has 0 radical (unpaired) electrons. The van der Waals surface area contributed by atoms with Crippen molar-refractivity contribution in [2.24, 2.45) is 0 Å². The summed E-state index contributed by atoms with van der Waals surface area (Å²) in [4.78, 5) is 39.9. The fourth-order valence-electron chi connectivity index (χ4n) is 3.15. The minimum absolute atomic E-state index is 0.252. The Labute approximate surface area is 190 Å². The zero-order valence-electron chi connectivity index (χ0n) is 18.3. The molecule has 0 saturated heterocycles. The summed E-state index contributed by atoms with van der Waals surface area (Å²) in [5.41, 5.74) is 2.40. The summed E-state index contributed by atoms with van der Waals surface area (Å²) < 4.78 is 1.44. The number of hydrogen-bond donors (Lipinski definition) is 2. The molecule has 9 heteroatoms. The second-order valence-corrected chi connectivity index (χ2v) is 7.53. The van der Waals surface area contributed by atoms with E-state index >= 15 is 0 Å². The van der Waals surface area contributed by atoms with Gasteiger partial charge < -0.3 is 15.5 Å². The van der Waals surface area contributed by atoms with Crippen LogP contribution in [-0.4, -0.2) is 51.0 Å². The number of rotatable bonds is 7. The van der Waals surface area contributed by atoms with E-state index < -0.39 is 0 Å². The zero-order chi connectivity index (χ0) is 23.2. The minimum Gasteiger partial charge on any atom is -0.324 e. The number of carbonyl (C=O) groups is 1. The Kier molecular flexibility index (Phi) is 6.51. The van der Waals surface area contributed by atoms with Gasteiger partial charge in [-0.05, 0) is 44.4 Å². The molecule has 33 heavy (non-hydrogen) atoms. The molecule has 2 aromatic heterocycles. The van der Waals surface area contributed by atoms with Gasteiger partial charge in [-0.2, -0.15) is 4.98 Å². The molecule has 9 nitrogen and oxygen atoms in total. The third-order valence-corrected chi connectivity index (χ3v) is 4.64. The SMILES string of the molecule is CN(C)C/C=C/C(=O)Nc1cccc(-n2c(=O)cnc3cnc(Nc4ccccc4)nc32)c1. The van der Waals surface area contributed by atoms with Crippen LogP contribution >= 0.6 is 0 Å². The molecule has 0 unspecified atom stereocenters. The maximum absolute atomic E-state index is 12.8. The van der Waals surface area contributed by atoms with Crippen LogP contribution in [0.5, 0.6) is 0 Å². The molecule has 0 aliphatic heterocycles. The van der Waals surface area contributed by atoms with E-state index in [1.807, 2.05) is 49.3 Å². The molecular formula is C24H23N7O2. The van der Waals surface area contributed by atoms with E-state index in [0.29, 0.717) is 35.0 Å². The summed E-state index contributed by atoms with van der Waals surface area (Å²) >= 11 is 0. The number of fused-ring (bicyclic) bond motifs is 1. The first-order valence-corrected chi connectivity index (χ1v) is 10.3. The average Bonchev–Trinajstić information content (AvgIpc) is 2.79. The molecule has 2 heterocycles. The van der Waals surface area contributed by atoms with Crippen molar-refractivity contribution in [3.05, 3.63) is 89.5 Å². The number of nitrogens with zero attached hydrogens (tertiary/aromatic N) is 5. The van der Waals surface area contributed by atoms with Crippen LogP contribution in [0.4, 0.5) is 17.3 Å². The van der Waals surface area contributed by atoms with E-state index in [1.54, 1.807) is 36.5 Å². The van der Waals surface area contributed by atoms with E-state index in [1.165, 1.54) is 16.8 Å². The van der Waals surface area contributed by atoms with Crippen LogP contribution in [0, 0.1) is 0 Å². The maximum Gasteiger partial charge on any atom is 0.275 e. The topological polar surface area (TPSA) is 105 Å². The molecule has 0 aliphatic carbocycles. The number of anilines is 3. The molecular weight excluding hydrogens is 418 g/mol. The van der Waals surface area contributed by atoms with Gasteiger partial charge in [-0.3, -0.25) is 14.2 Å². The summed E-state index contributed by atoms with van der Waals surface area (Å²) in [5.74, 6) is 0.0861. The number of carbonyl (C=O) groups excluding carboxylic acids is 1. The molecule has 4 aromatic rings. The van der Waals surface area contributed by atoms with Crippen molar-refractivity contribution >= 4 is 34.4 Å². The lowest BCUT2D eigenvalue weighted by atomic mass is 10.2. The molecule has 0 aliphatic rings. The summed E-state index contributed by atoms with van der Waals surface area (Å²) in [6.45, 7) is 0.658. The van der Waals surface area contributed by atoms with Gasteiger partial charge in [0, 0.05) is 24.0 Å². The predicted octanol–water partition coefficient (Wildman–Crippen LogP) is 2.98. The van der Waals surface area contributed by atoms with Gasteiger partial charge in [0.2, 0.25) is 11.9 Å². The van der Waals surface area contributed by atoms with Gasteiger partial charge in [-0.25, -0.2) is 9.97 Å². The number of nitrogens with one attached hydrogen (secondary N) is 2. The number of aromatic nitrogens is 4. The van der Waals surface area contributed by atoms with Gasteiger partial charge in [0.15, 0.2) is 5.65 Å². The number of benzene rings is 2. The summed E-state index contributed by atoms with van der Waals surface area (Å²) in [6.07, 6.45) is 6.05. The Bertz CT molecular complexity index is 1360. The van der Waals surface area contributed by atoms with Gasteiger partial charge in [0.05, 0.1) is 18.1 Å². The van der Waals surface area contributed by atoms with Crippen molar-refractivity contribution in [3.63, 3.8) is 0 Å². The van der Waals surface area contributed by atoms with E-state index in [-0.39, 0.29) is 11.5 Å². The molecule has 4 rings (SSSR count). The Morgan fingerprint density at radius 3 is 2.61 bits per heavy atom. The normalized spacial score (nSPS) is 11.2. The third-order valence-electron chi connectivity index (χ3n) is 4.64. The maximum atomic E-state index is 12.8. The molecule has 0 spiro atoms. The highest BCUT2D eigenvalue weighted by Gasteiger charge is 2.11. The third kappa shape index (κ3) is 5.46. The minimum atomic E-state index is -0.346. The van der Waals surface area contributed by atoms with Gasteiger partial charge in [-0.1, -0.05) is 30.3 Å². The first-order valence-electron chi connectivity index (χ1n) is 10.3. The highest BCUT2D eigenvalue weighted by molar-refractivity contribution is 5.99. The van der Waals surface area contributed by atoms with Crippen molar-refractivity contribution in [2.45, 2.75) is 0 Å². The molecule has 2 N–H and O–H groups in total. The van der Waals surface area contributed by atoms with Crippen LogP contribution in [0.2, 0.25) is 0 Å². The summed E-state index contributed by atoms with van der Waals surface area (Å²) in [6, 6.07) is 16.5. The lowest BCUT2D eigenvalue weighted by molar-refractivity contribution is -0.111. The largest absolute Gasteiger partial charge is 0.324 e. The Hall–Kier alpha value is -4.37. The Morgan fingerprint density at radius 1 is 1.03 bits per heavy atom. The molecule has 0 atom stereocenters. The van der Waals surface area contributed by atoms with Gasteiger partial charge >= 0.3 is 0 Å². The van der Waals surface area contributed by atoms with Crippen LogP contribution in [0.15, 0.2) is 83.9 Å². The van der Waals surface area contributed by atoms with Crippen LogP contribution in [0.3, 0.4) is 0 Å². The molecule has 0 fully saturated rings. The van der Waals surface area contributed by atoms with E-state index in [9.17, 15) is 9.59 Å². The fourth-order valence-corrected chi connectivity index (χ4v) is 3.15. The van der Waals surface area contributed by atoms with E-state index in [0.717, 1.165) is 5.69 Å². The van der Waals surface area contributed by atoms with Crippen molar-refractivity contribution in [1.82, 2.24) is 24.4 Å². The number of amides is 1. The van der Waals surface area contributed by atoms with E-state index in [2.05, 4.69) is 25.6 Å². The second-order valence-electron chi connectivity index (χ2n) is 7.53. The quantitative estimate of drug-likeness (QED) is 0.425. The standard InChI is InChI=1S/C24H23N7O2/c1-30(2)13-7-12-21(32)27-18-10-6-11-19(14-18)31-22(33)16-25-20-15-26-24(29-23(20)31)28-17-8-4-3-5-9-17/h3-12,14-16H,13H2,1-2H3,(H,27,32)(H,26,28,29)/b12-7+. The second kappa shape index (κ2) is 9.84. The van der Waals surface area contributed by atoms with Crippen molar-refractivity contribution in [1.29, 1.82) is 0 Å². The van der Waals surface area contributed by atoms with Crippen molar-refractivity contribution in [2.75, 3.05) is 31.3 Å². The lowest BCUT2D eigenvalue weighted by Crippen LogP contribution is -2.20. The van der Waals surface area contributed by atoms with Crippen LogP contribution in [0.1, 0.15) is 0 Å². The monoisotopic (exact) mass is 441 g/mol. The zero-order valence-corrected chi connectivity index (χ0v) is 18.3. The predicted molar refractivity (Wildman–Crippen MR) is 129 cm³/mol. The smallest absolute Gasteiger partial charge is 0.275 e. The van der Waals surface area contributed by atoms with Crippen LogP contribution in [-0.2, 0) is 4.79 Å². The summed E-state index contributed by atoms with van der Waals surface area (Å²) in [5, 5.41) is 5.94. The number of likely N-dealkylation sites (N-methyl/N-ethyl adjacent to an activating group) is 1. The molecule has 166 valence electrons.